The summed E-state index contributed by atoms with van der Waals surface area (Å²) >= 11 is 0. The second-order valence-electron chi connectivity index (χ2n) is 9.09. The molecule has 1 unspecified atom stereocenters. The molecule has 2 amide bonds. The maximum absolute atomic E-state index is 13.7. The van der Waals surface area contributed by atoms with Crippen molar-refractivity contribution in [2.45, 2.75) is 71.1 Å². The Morgan fingerprint density at radius 2 is 1.66 bits per heavy atom. The Labute approximate surface area is 207 Å². The lowest BCUT2D eigenvalue weighted by molar-refractivity contribution is -0.127. The molecular weight excluding hydrogens is 444 g/mol. The lowest BCUT2D eigenvalue weighted by atomic mass is 9.90. The van der Waals surface area contributed by atoms with Crippen LogP contribution in [0.15, 0.2) is 42.5 Å². The van der Waals surface area contributed by atoms with Gasteiger partial charge in [0.1, 0.15) is 12.6 Å². The van der Waals surface area contributed by atoms with E-state index < -0.39 is 12.1 Å². The number of carbonyl (C=O) groups excluding carboxylic acids is 2. The molecule has 35 heavy (non-hydrogen) atoms. The van der Waals surface area contributed by atoms with Crippen LogP contribution in [0.1, 0.15) is 68.7 Å². The van der Waals surface area contributed by atoms with Crippen molar-refractivity contribution in [1.82, 2.24) is 10.2 Å². The van der Waals surface area contributed by atoms with Crippen molar-refractivity contribution in [2.24, 2.45) is 0 Å². The van der Waals surface area contributed by atoms with Crippen molar-refractivity contribution in [1.29, 1.82) is 0 Å². The van der Waals surface area contributed by atoms with E-state index in [1.165, 1.54) is 6.42 Å². The van der Waals surface area contributed by atoms with Crippen LogP contribution < -0.4 is 14.8 Å². The van der Waals surface area contributed by atoms with E-state index in [0.29, 0.717) is 37.7 Å². The number of benzene rings is 2. The zero-order valence-electron chi connectivity index (χ0n) is 20.8. The molecule has 7 heteroatoms. The number of hydrogen-bond acceptors (Lipinski definition) is 5. The van der Waals surface area contributed by atoms with Gasteiger partial charge in [0, 0.05) is 12.6 Å². The number of nitrogens with zero attached hydrogens (tertiary/aromatic N) is 1. The van der Waals surface area contributed by atoms with Gasteiger partial charge in [0.05, 0.1) is 13.2 Å². The molecule has 2 aromatic rings. The Kier molecular flexibility index (Phi) is 8.50. The summed E-state index contributed by atoms with van der Waals surface area (Å²) < 4.78 is 17.3. The molecule has 2 aliphatic rings. The molecule has 1 N–H and O–H groups in total. The highest BCUT2D eigenvalue weighted by atomic mass is 16.6. The number of hydrogen-bond donors (Lipinski definition) is 1. The van der Waals surface area contributed by atoms with E-state index in [9.17, 15) is 9.59 Å². The second-order valence-corrected chi connectivity index (χ2v) is 9.09. The van der Waals surface area contributed by atoms with Gasteiger partial charge in [-0.25, -0.2) is 4.79 Å². The standard InChI is InChI=1S/C28H36N2O5/c1-3-33-24-17-21-15-16-30(28(32)35-19-20-11-7-5-8-12-20)26(23(21)18-25(24)34-4-2)27(31)29-22-13-9-6-10-14-22/h5,7-8,11-12,17-18,22,26H,3-4,6,9-10,13-16,19H2,1-2H3,(H,29,31). The Morgan fingerprint density at radius 1 is 0.971 bits per heavy atom. The Bertz CT molecular complexity index is 1000. The highest BCUT2D eigenvalue weighted by molar-refractivity contribution is 5.88. The van der Waals surface area contributed by atoms with Gasteiger partial charge in [-0.15, -0.1) is 0 Å². The number of ether oxygens (including phenoxy) is 3. The van der Waals surface area contributed by atoms with Crippen molar-refractivity contribution in [3.05, 3.63) is 59.2 Å². The summed E-state index contributed by atoms with van der Waals surface area (Å²) in [7, 11) is 0. The molecule has 0 radical (unpaired) electrons. The first kappa shape index (κ1) is 24.9. The van der Waals surface area contributed by atoms with E-state index in [2.05, 4.69) is 5.32 Å². The molecule has 1 fully saturated rings. The molecule has 1 aliphatic heterocycles. The van der Waals surface area contributed by atoms with Crippen LogP contribution in [0, 0.1) is 0 Å². The number of rotatable bonds is 8. The number of nitrogens with one attached hydrogen (secondary N) is 1. The quantitative estimate of drug-likeness (QED) is 0.564. The predicted octanol–water partition coefficient (Wildman–Crippen LogP) is 5.17. The van der Waals surface area contributed by atoms with E-state index >= 15 is 0 Å². The smallest absolute Gasteiger partial charge is 0.411 e. The van der Waals surface area contributed by atoms with Crippen LogP contribution in [0.25, 0.3) is 0 Å². The Balaban J connectivity index is 1.62. The highest BCUT2D eigenvalue weighted by Gasteiger charge is 2.38. The summed E-state index contributed by atoms with van der Waals surface area (Å²) in [6, 6.07) is 12.7. The van der Waals surface area contributed by atoms with Gasteiger partial charge in [-0.1, -0.05) is 49.6 Å². The monoisotopic (exact) mass is 480 g/mol. The molecule has 0 aromatic heterocycles. The predicted molar refractivity (Wildman–Crippen MR) is 134 cm³/mol. The van der Waals surface area contributed by atoms with Gasteiger partial charge in [-0.05, 0) is 61.9 Å². The minimum Gasteiger partial charge on any atom is -0.490 e. The van der Waals surface area contributed by atoms with Crippen LogP contribution >= 0.6 is 0 Å². The highest BCUT2D eigenvalue weighted by Crippen LogP contribution is 2.39. The number of amides is 2. The van der Waals surface area contributed by atoms with Crippen molar-refractivity contribution >= 4 is 12.0 Å². The van der Waals surface area contributed by atoms with Crippen LogP contribution in [0.4, 0.5) is 4.79 Å². The van der Waals surface area contributed by atoms with E-state index in [1.54, 1.807) is 4.90 Å². The molecule has 4 rings (SSSR count). The largest absolute Gasteiger partial charge is 0.490 e. The summed E-state index contributed by atoms with van der Waals surface area (Å²) in [5.41, 5.74) is 2.67. The fourth-order valence-electron chi connectivity index (χ4n) is 4.97. The molecule has 1 atom stereocenters. The molecule has 188 valence electrons. The molecule has 1 heterocycles. The van der Waals surface area contributed by atoms with Crippen molar-refractivity contribution in [3.63, 3.8) is 0 Å². The zero-order valence-corrected chi connectivity index (χ0v) is 20.8. The van der Waals surface area contributed by atoms with Gasteiger partial charge in [0.15, 0.2) is 11.5 Å². The fraction of sp³-hybridized carbons (Fsp3) is 0.500. The summed E-state index contributed by atoms with van der Waals surface area (Å²) in [5, 5.41) is 3.22. The summed E-state index contributed by atoms with van der Waals surface area (Å²) in [6.07, 6.45) is 5.48. The SMILES string of the molecule is CCOc1cc2c(cc1OCC)C(C(=O)NC1CCCCC1)N(C(=O)OCc1ccccc1)CC2. The molecule has 0 spiro atoms. The summed E-state index contributed by atoms with van der Waals surface area (Å²) in [5.74, 6) is 1.09. The topological polar surface area (TPSA) is 77.1 Å². The van der Waals surface area contributed by atoms with Gasteiger partial charge < -0.3 is 19.5 Å². The summed E-state index contributed by atoms with van der Waals surface area (Å²) in [4.78, 5) is 28.5. The molecule has 0 bridgehead atoms. The van der Waals surface area contributed by atoms with E-state index in [1.807, 2.05) is 56.3 Å². The number of carbonyl (C=O) groups is 2. The van der Waals surface area contributed by atoms with Crippen LogP contribution in [0.5, 0.6) is 11.5 Å². The van der Waals surface area contributed by atoms with E-state index in [4.69, 9.17) is 14.2 Å². The molecule has 0 saturated heterocycles. The zero-order chi connectivity index (χ0) is 24.6. The average Bonchev–Trinajstić information content (AvgIpc) is 2.88. The first-order valence-corrected chi connectivity index (χ1v) is 12.8. The third-order valence-electron chi connectivity index (χ3n) is 6.67. The lowest BCUT2D eigenvalue weighted by Gasteiger charge is -2.37. The normalized spacial score (nSPS) is 17.9. The Hall–Kier alpha value is -3.22. The minimum atomic E-state index is -0.779. The first-order valence-electron chi connectivity index (χ1n) is 12.8. The molecule has 7 nitrogen and oxygen atoms in total. The van der Waals surface area contributed by atoms with E-state index in [-0.39, 0.29) is 18.6 Å². The van der Waals surface area contributed by atoms with Crippen LogP contribution in [-0.4, -0.2) is 42.7 Å². The van der Waals surface area contributed by atoms with Crippen LogP contribution in [0.2, 0.25) is 0 Å². The third-order valence-corrected chi connectivity index (χ3v) is 6.67. The number of fused-ring (bicyclic) bond motifs is 1. The van der Waals surface area contributed by atoms with Crippen molar-refractivity contribution in [2.75, 3.05) is 19.8 Å². The van der Waals surface area contributed by atoms with Crippen molar-refractivity contribution in [3.8, 4) is 11.5 Å². The van der Waals surface area contributed by atoms with Gasteiger partial charge in [-0.2, -0.15) is 0 Å². The first-order chi connectivity index (χ1) is 17.1. The summed E-state index contributed by atoms with van der Waals surface area (Å²) in [6.45, 7) is 5.38. The van der Waals surface area contributed by atoms with Gasteiger partial charge >= 0.3 is 6.09 Å². The molecule has 1 aliphatic carbocycles. The van der Waals surface area contributed by atoms with Gasteiger partial charge in [-0.3, -0.25) is 9.69 Å². The van der Waals surface area contributed by atoms with Gasteiger partial charge in [0.2, 0.25) is 5.91 Å². The van der Waals surface area contributed by atoms with Gasteiger partial charge in [0.25, 0.3) is 0 Å². The van der Waals surface area contributed by atoms with E-state index in [0.717, 1.165) is 42.4 Å². The maximum Gasteiger partial charge on any atom is 0.411 e. The van der Waals surface area contributed by atoms with Crippen LogP contribution in [-0.2, 0) is 22.6 Å². The maximum atomic E-state index is 13.7. The lowest BCUT2D eigenvalue weighted by Crippen LogP contribution is -2.49. The average molecular weight is 481 g/mol. The second kappa shape index (κ2) is 12.0. The third kappa shape index (κ3) is 6.08. The molecular formula is C28H36N2O5. The minimum absolute atomic E-state index is 0.137. The fourth-order valence-corrected chi connectivity index (χ4v) is 4.97. The molecule has 1 saturated carbocycles. The Morgan fingerprint density at radius 3 is 2.34 bits per heavy atom. The van der Waals surface area contributed by atoms with Crippen LogP contribution in [0.3, 0.4) is 0 Å². The molecule has 2 aromatic carbocycles. The van der Waals surface area contributed by atoms with Crippen molar-refractivity contribution < 1.29 is 23.8 Å².